The molecular formula is C30H40ClN3O2. The summed E-state index contributed by atoms with van der Waals surface area (Å²) >= 11 is 6.03. The van der Waals surface area contributed by atoms with Crippen LogP contribution >= 0.6 is 11.6 Å². The smallest absolute Gasteiger partial charge is 0.138 e. The highest BCUT2D eigenvalue weighted by atomic mass is 35.5. The molecule has 5 rings (SSSR count). The first-order valence-corrected chi connectivity index (χ1v) is 14.0. The van der Waals surface area contributed by atoms with Crippen LogP contribution in [-0.2, 0) is 0 Å². The normalized spacial score (nSPS) is 18.7. The third kappa shape index (κ3) is 6.83. The van der Waals surface area contributed by atoms with Gasteiger partial charge in [-0.25, -0.2) is 0 Å². The number of unbranched alkanes of at least 4 members (excludes halogenated alkanes) is 2. The molecule has 0 atom stereocenters. The van der Waals surface area contributed by atoms with Crippen LogP contribution in [0.2, 0.25) is 5.02 Å². The number of likely N-dealkylation sites (tertiary alicyclic amines) is 1. The van der Waals surface area contributed by atoms with E-state index in [9.17, 15) is 0 Å². The Bertz CT molecular complexity index is 1080. The maximum absolute atomic E-state index is 6.03. The minimum absolute atomic E-state index is 0.739. The van der Waals surface area contributed by atoms with Crippen LogP contribution in [0.15, 0.2) is 53.1 Å². The van der Waals surface area contributed by atoms with Crippen molar-refractivity contribution in [3.8, 4) is 16.9 Å². The van der Waals surface area contributed by atoms with Crippen molar-refractivity contribution in [2.24, 2.45) is 5.92 Å². The first-order valence-electron chi connectivity index (χ1n) is 13.7. The first-order chi connectivity index (χ1) is 17.6. The Morgan fingerprint density at radius 1 is 0.889 bits per heavy atom. The van der Waals surface area contributed by atoms with E-state index in [-0.39, 0.29) is 0 Å². The van der Waals surface area contributed by atoms with Crippen molar-refractivity contribution in [3.63, 3.8) is 0 Å². The van der Waals surface area contributed by atoms with Gasteiger partial charge in [-0.2, -0.15) is 0 Å². The molecule has 0 N–H and O–H groups in total. The highest BCUT2D eigenvalue weighted by molar-refractivity contribution is 6.30. The Balaban J connectivity index is 0.970. The molecule has 0 amide bonds. The molecule has 0 saturated carbocycles. The van der Waals surface area contributed by atoms with Gasteiger partial charge in [0.05, 0.1) is 12.9 Å². The van der Waals surface area contributed by atoms with Gasteiger partial charge < -0.3 is 23.9 Å². The third-order valence-corrected chi connectivity index (χ3v) is 8.16. The average molecular weight is 510 g/mol. The summed E-state index contributed by atoms with van der Waals surface area (Å²) in [4.78, 5) is 7.82. The molecule has 3 heterocycles. The molecule has 36 heavy (non-hydrogen) atoms. The van der Waals surface area contributed by atoms with Gasteiger partial charge >= 0.3 is 0 Å². The molecule has 0 unspecified atom stereocenters. The fourth-order valence-electron chi connectivity index (χ4n) is 5.56. The third-order valence-electron chi connectivity index (χ3n) is 7.91. The lowest BCUT2D eigenvalue weighted by atomic mass is 9.96. The van der Waals surface area contributed by atoms with E-state index in [1.807, 2.05) is 42.7 Å². The molecule has 2 aromatic carbocycles. The summed E-state index contributed by atoms with van der Waals surface area (Å²) in [5.74, 6) is 1.78. The second-order valence-corrected chi connectivity index (χ2v) is 11.0. The number of ether oxygens (including phenoxy) is 1. The molecule has 0 spiro atoms. The van der Waals surface area contributed by atoms with Gasteiger partial charge in [0.15, 0.2) is 0 Å². The van der Waals surface area contributed by atoms with Crippen molar-refractivity contribution in [1.82, 2.24) is 14.7 Å². The molecule has 0 aliphatic carbocycles. The van der Waals surface area contributed by atoms with Crippen molar-refractivity contribution in [1.29, 1.82) is 0 Å². The number of rotatable bonds is 10. The van der Waals surface area contributed by atoms with Crippen LogP contribution < -0.4 is 4.74 Å². The van der Waals surface area contributed by atoms with Gasteiger partial charge in [-0.3, -0.25) is 0 Å². The molecule has 194 valence electrons. The number of halogens is 1. The lowest BCUT2D eigenvalue weighted by Gasteiger charge is -2.38. The van der Waals surface area contributed by atoms with E-state index in [0.29, 0.717) is 0 Å². The molecular weight excluding hydrogens is 470 g/mol. The fraction of sp³-hybridized carbons (Fsp3) is 0.533. The van der Waals surface area contributed by atoms with Gasteiger partial charge in [0, 0.05) is 54.8 Å². The predicted octanol–water partition coefficient (Wildman–Crippen LogP) is 6.26. The molecule has 2 aliphatic heterocycles. The number of furan rings is 1. The number of fused-ring (bicyclic) bond motifs is 1. The summed E-state index contributed by atoms with van der Waals surface area (Å²) in [5, 5.41) is 1.83. The molecule has 6 heteroatoms. The van der Waals surface area contributed by atoms with Crippen LogP contribution in [0.5, 0.6) is 5.75 Å². The zero-order valence-corrected chi connectivity index (χ0v) is 22.4. The largest absolute Gasteiger partial charge is 0.493 e. The Kier molecular flexibility index (Phi) is 8.86. The standard InChI is InChI=1S/C30H40ClN3O2/c1-32-14-11-24(12-15-32)22-34-18-16-33(17-19-34)13-3-2-4-20-35-27-9-10-28-29(23-36-30(28)21-27)25-5-7-26(31)8-6-25/h5-10,21,23-24H,2-4,11-20,22H2,1H3. The highest BCUT2D eigenvalue weighted by Gasteiger charge is 2.22. The van der Waals surface area contributed by atoms with Gasteiger partial charge in [-0.05, 0) is 94.5 Å². The van der Waals surface area contributed by atoms with E-state index >= 15 is 0 Å². The van der Waals surface area contributed by atoms with Crippen LogP contribution in [0.25, 0.3) is 22.1 Å². The molecule has 5 nitrogen and oxygen atoms in total. The van der Waals surface area contributed by atoms with Crippen LogP contribution in [0.1, 0.15) is 32.1 Å². The molecule has 2 saturated heterocycles. The summed E-state index contributed by atoms with van der Waals surface area (Å²) in [7, 11) is 2.25. The molecule has 3 aromatic rings. The molecule has 2 fully saturated rings. The summed E-state index contributed by atoms with van der Waals surface area (Å²) in [6, 6.07) is 14.0. The summed E-state index contributed by atoms with van der Waals surface area (Å²) < 4.78 is 11.8. The van der Waals surface area contributed by atoms with Gasteiger partial charge in [0.2, 0.25) is 0 Å². The fourth-order valence-corrected chi connectivity index (χ4v) is 5.69. The summed E-state index contributed by atoms with van der Waals surface area (Å²) in [6.45, 7) is 10.8. The molecule has 1 aromatic heterocycles. The first kappa shape index (κ1) is 25.6. The minimum atomic E-state index is 0.739. The summed E-state index contributed by atoms with van der Waals surface area (Å²) in [5.41, 5.74) is 3.04. The second kappa shape index (κ2) is 12.5. The van der Waals surface area contributed by atoms with Crippen LogP contribution in [0.4, 0.5) is 0 Å². The molecule has 0 radical (unpaired) electrons. The monoisotopic (exact) mass is 509 g/mol. The van der Waals surface area contributed by atoms with E-state index in [0.717, 1.165) is 51.8 Å². The lowest BCUT2D eigenvalue weighted by molar-refractivity contribution is 0.0987. The quantitative estimate of drug-likeness (QED) is 0.301. The van der Waals surface area contributed by atoms with Gasteiger partial charge in [-0.15, -0.1) is 0 Å². The van der Waals surface area contributed by atoms with Crippen molar-refractivity contribution in [2.75, 3.05) is 66.0 Å². The van der Waals surface area contributed by atoms with E-state index in [1.54, 1.807) is 0 Å². The Hall–Kier alpha value is -2.05. The lowest BCUT2D eigenvalue weighted by Crippen LogP contribution is -2.48. The maximum Gasteiger partial charge on any atom is 0.138 e. The van der Waals surface area contributed by atoms with Crippen molar-refractivity contribution in [2.45, 2.75) is 32.1 Å². The van der Waals surface area contributed by atoms with Crippen LogP contribution in [0.3, 0.4) is 0 Å². The zero-order chi connectivity index (χ0) is 24.7. The van der Waals surface area contributed by atoms with Gasteiger partial charge in [0.25, 0.3) is 0 Å². The zero-order valence-electron chi connectivity index (χ0n) is 21.6. The Morgan fingerprint density at radius 2 is 1.64 bits per heavy atom. The SMILES string of the molecule is CN1CCC(CN2CCN(CCCCCOc3ccc4c(-c5ccc(Cl)cc5)coc4c3)CC2)CC1. The number of piperidine rings is 1. The number of hydrogen-bond donors (Lipinski definition) is 0. The molecule has 2 aliphatic rings. The van der Waals surface area contributed by atoms with Crippen molar-refractivity contribution < 1.29 is 9.15 Å². The Labute approximate surface area is 220 Å². The predicted molar refractivity (Wildman–Crippen MR) is 149 cm³/mol. The number of benzene rings is 2. The number of piperazine rings is 1. The second-order valence-electron chi connectivity index (χ2n) is 10.6. The van der Waals surface area contributed by atoms with Gasteiger partial charge in [-0.1, -0.05) is 23.7 Å². The number of hydrogen-bond acceptors (Lipinski definition) is 5. The number of nitrogens with zero attached hydrogens (tertiary/aromatic N) is 3. The van der Waals surface area contributed by atoms with Crippen molar-refractivity contribution in [3.05, 3.63) is 53.8 Å². The van der Waals surface area contributed by atoms with Gasteiger partial charge in [0.1, 0.15) is 11.3 Å². The maximum atomic E-state index is 6.03. The van der Waals surface area contributed by atoms with Crippen LogP contribution in [-0.4, -0.2) is 80.7 Å². The van der Waals surface area contributed by atoms with Crippen LogP contribution in [0, 0.1) is 5.92 Å². The topological polar surface area (TPSA) is 32.1 Å². The highest BCUT2D eigenvalue weighted by Crippen LogP contribution is 2.33. The van der Waals surface area contributed by atoms with E-state index in [4.69, 9.17) is 20.8 Å². The Morgan fingerprint density at radius 3 is 2.42 bits per heavy atom. The van der Waals surface area contributed by atoms with E-state index < -0.39 is 0 Å². The molecule has 0 bridgehead atoms. The summed E-state index contributed by atoms with van der Waals surface area (Å²) in [6.07, 6.45) is 8.10. The van der Waals surface area contributed by atoms with E-state index in [2.05, 4.69) is 27.8 Å². The average Bonchev–Trinajstić information content (AvgIpc) is 3.32. The minimum Gasteiger partial charge on any atom is -0.493 e. The van der Waals surface area contributed by atoms with E-state index in [1.165, 1.54) is 78.0 Å². The van der Waals surface area contributed by atoms with Crippen molar-refractivity contribution >= 4 is 22.6 Å².